The molecule has 0 bridgehead atoms. The Kier molecular flexibility index (Phi) is 6.71. The molecule has 2 aromatic rings. The maximum absolute atomic E-state index is 12.9. The molecule has 1 amide bonds. The van der Waals surface area contributed by atoms with E-state index in [1.165, 1.54) is 6.92 Å². The summed E-state index contributed by atoms with van der Waals surface area (Å²) in [5.41, 5.74) is 3.56. The van der Waals surface area contributed by atoms with Gasteiger partial charge in [0.1, 0.15) is 11.4 Å². The van der Waals surface area contributed by atoms with E-state index in [2.05, 4.69) is 15.2 Å². The molecule has 156 valence electrons. The van der Waals surface area contributed by atoms with Crippen LogP contribution in [0.15, 0.2) is 24.3 Å². The zero-order chi connectivity index (χ0) is 21.0. The van der Waals surface area contributed by atoms with E-state index in [1.54, 1.807) is 14.0 Å². The number of benzene rings is 1. The van der Waals surface area contributed by atoms with Gasteiger partial charge >= 0.3 is 0 Å². The van der Waals surface area contributed by atoms with Crippen molar-refractivity contribution in [2.75, 3.05) is 40.0 Å². The SMILES string of the molecule is COc1ccc(C(CNC(=O)c2[nH]c(C)c(C(C)=O)c2C)N2CCOCC2)cc1. The average molecular weight is 399 g/mol. The van der Waals surface area contributed by atoms with Crippen LogP contribution in [-0.4, -0.2) is 61.5 Å². The normalized spacial score (nSPS) is 15.7. The number of ether oxygens (including phenoxy) is 2. The highest BCUT2D eigenvalue weighted by Crippen LogP contribution is 2.24. The van der Waals surface area contributed by atoms with Crippen LogP contribution in [0.4, 0.5) is 0 Å². The van der Waals surface area contributed by atoms with E-state index in [0.29, 0.717) is 36.6 Å². The van der Waals surface area contributed by atoms with E-state index in [0.717, 1.165) is 30.1 Å². The summed E-state index contributed by atoms with van der Waals surface area (Å²) < 4.78 is 10.7. The van der Waals surface area contributed by atoms with E-state index in [9.17, 15) is 9.59 Å². The summed E-state index contributed by atoms with van der Waals surface area (Å²) in [4.78, 5) is 30.1. The number of nitrogens with one attached hydrogen (secondary N) is 2. The number of methoxy groups -OCH3 is 1. The molecular weight excluding hydrogens is 370 g/mol. The minimum atomic E-state index is -0.204. The monoisotopic (exact) mass is 399 g/mol. The van der Waals surface area contributed by atoms with Crippen molar-refractivity contribution in [3.63, 3.8) is 0 Å². The Morgan fingerprint density at radius 3 is 2.41 bits per heavy atom. The molecule has 0 spiro atoms. The second-order valence-electron chi connectivity index (χ2n) is 7.33. The highest BCUT2D eigenvalue weighted by atomic mass is 16.5. The zero-order valence-corrected chi connectivity index (χ0v) is 17.5. The van der Waals surface area contributed by atoms with Crippen molar-refractivity contribution in [3.05, 3.63) is 52.3 Å². The molecule has 3 rings (SSSR count). The first-order valence-electron chi connectivity index (χ1n) is 9.86. The van der Waals surface area contributed by atoms with Gasteiger partial charge in [0.25, 0.3) is 5.91 Å². The fourth-order valence-corrected chi connectivity index (χ4v) is 3.96. The molecule has 1 aliphatic rings. The summed E-state index contributed by atoms with van der Waals surface area (Å²) >= 11 is 0. The molecule has 29 heavy (non-hydrogen) atoms. The predicted octanol–water partition coefficient (Wildman–Crippen LogP) is 2.65. The number of hydrogen-bond donors (Lipinski definition) is 2. The van der Waals surface area contributed by atoms with Gasteiger partial charge in [-0.3, -0.25) is 14.5 Å². The van der Waals surface area contributed by atoms with Gasteiger partial charge in [0.05, 0.1) is 26.4 Å². The number of ketones is 1. The molecule has 0 aliphatic carbocycles. The number of H-pyrrole nitrogens is 1. The molecule has 0 radical (unpaired) electrons. The first kappa shape index (κ1) is 21.1. The standard InChI is InChI=1S/C22H29N3O4/c1-14-20(16(3)26)15(2)24-21(14)22(27)23-13-19(25-9-11-29-12-10-25)17-5-7-18(28-4)8-6-17/h5-8,19,24H,9-13H2,1-4H3,(H,23,27). The van der Waals surface area contributed by atoms with Crippen LogP contribution in [0.1, 0.15) is 50.6 Å². The van der Waals surface area contributed by atoms with Gasteiger partial charge in [0.15, 0.2) is 5.78 Å². The molecule has 1 aliphatic heterocycles. The number of aryl methyl sites for hydroxylation is 1. The number of Topliss-reactive ketones (excluding diaryl/α,β-unsaturated/α-hetero) is 1. The number of amides is 1. The molecule has 7 nitrogen and oxygen atoms in total. The van der Waals surface area contributed by atoms with E-state index in [1.807, 2.05) is 31.2 Å². The first-order valence-corrected chi connectivity index (χ1v) is 9.86. The first-order chi connectivity index (χ1) is 13.9. The Balaban J connectivity index is 1.78. The molecule has 1 unspecified atom stereocenters. The van der Waals surface area contributed by atoms with Crippen LogP contribution in [0.25, 0.3) is 0 Å². The topological polar surface area (TPSA) is 83.7 Å². The maximum Gasteiger partial charge on any atom is 0.268 e. The third-order valence-corrected chi connectivity index (χ3v) is 5.46. The Hall–Kier alpha value is -2.64. The van der Waals surface area contributed by atoms with Gasteiger partial charge in [-0.05, 0) is 44.0 Å². The van der Waals surface area contributed by atoms with Crippen LogP contribution in [0.5, 0.6) is 5.75 Å². The van der Waals surface area contributed by atoms with Gasteiger partial charge in [-0.25, -0.2) is 0 Å². The lowest BCUT2D eigenvalue weighted by atomic mass is 10.0. The summed E-state index contributed by atoms with van der Waals surface area (Å²) in [5, 5.41) is 3.05. The summed E-state index contributed by atoms with van der Waals surface area (Å²) in [6.45, 7) is 8.56. The minimum Gasteiger partial charge on any atom is -0.497 e. The smallest absolute Gasteiger partial charge is 0.268 e. The van der Waals surface area contributed by atoms with E-state index >= 15 is 0 Å². The Labute approximate surface area is 171 Å². The largest absolute Gasteiger partial charge is 0.497 e. The quantitative estimate of drug-likeness (QED) is 0.700. The van der Waals surface area contributed by atoms with E-state index in [4.69, 9.17) is 9.47 Å². The van der Waals surface area contributed by atoms with Crippen LogP contribution in [0.2, 0.25) is 0 Å². The van der Waals surface area contributed by atoms with Crippen molar-refractivity contribution in [1.29, 1.82) is 0 Å². The second kappa shape index (κ2) is 9.24. The van der Waals surface area contributed by atoms with E-state index in [-0.39, 0.29) is 17.7 Å². The average Bonchev–Trinajstić information content (AvgIpc) is 3.03. The van der Waals surface area contributed by atoms with Gasteiger partial charge in [0, 0.05) is 30.9 Å². The van der Waals surface area contributed by atoms with Crippen LogP contribution < -0.4 is 10.1 Å². The van der Waals surface area contributed by atoms with Crippen molar-refractivity contribution >= 4 is 11.7 Å². The molecule has 1 saturated heterocycles. The molecular formula is C22H29N3O4. The van der Waals surface area contributed by atoms with Crippen LogP contribution in [0.3, 0.4) is 0 Å². The van der Waals surface area contributed by atoms with Crippen molar-refractivity contribution in [1.82, 2.24) is 15.2 Å². The molecule has 1 aromatic heterocycles. The predicted molar refractivity (Wildman–Crippen MR) is 111 cm³/mol. The zero-order valence-electron chi connectivity index (χ0n) is 17.5. The lowest BCUT2D eigenvalue weighted by molar-refractivity contribution is 0.0162. The van der Waals surface area contributed by atoms with Crippen LogP contribution in [-0.2, 0) is 4.74 Å². The fraction of sp³-hybridized carbons (Fsp3) is 0.455. The molecule has 2 heterocycles. The van der Waals surface area contributed by atoms with Gasteiger partial charge in [-0.15, -0.1) is 0 Å². The molecule has 1 aromatic carbocycles. The van der Waals surface area contributed by atoms with Crippen LogP contribution in [0, 0.1) is 13.8 Å². The highest BCUT2D eigenvalue weighted by molar-refractivity contribution is 6.02. The van der Waals surface area contributed by atoms with Gasteiger partial charge in [-0.2, -0.15) is 0 Å². The summed E-state index contributed by atoms with van der Waals surface area (Å²) in [5.74, 6) is 0.553. The minimum absolute atomic E-state index is 0.0254. The fourth-order valence-electron chi connectivity index (χ4n) is 3.96. The van der Waals surface area contributed by atoms with Crippen molar-refractivity contribution in [2.45, 2.75) is 26.8 Å². The maximum atomic E-state index is 12.9. The molecule has 2 N–H and O–H groups in total. The van der Waals surface area contributed by atoms with Crippen molar-refractivity contribution < 1.29 is 19.1 Å². The molecule has 0 saturated carbocycles. The van der Waals surface area contributed by atoms with Gasteiger partial charge < -0.3 is 19.8 Å². The van der Waals surface area contributed by atoms with Crippen molar-refractivity contribution in [2.24, 2.45) is 0 Å². The lowest BCUT2D eigenvalue weighted by Crippen LogP contribution is -2.44. The number of carbonyl (C=O) groups is 2. The Morgan fingerprint density at radius 2 is 1.86 bits per heavy atom. The number of morpholine rings is 1. The molecule has 7 heteroatoms. The number of aromatic nitrogens is 1. The molecule has 1 atom stereocenters. The number of rotatable bonds is 7. The second-order valence-corrected chi connectivity index (χ2v) is 7.33. The summed E-state index contributed by atoms with van der Waals surface area (Å²) in [7, 11) is 1.64. The lowest BCUT2D eigenvalue weighted by Gasteiger charge is -2.35. The number of nitrogens with zero attached hydrogens (tertiary/aromatic N) is 1. The third kappa shape index (κ3) is 4.68. The van der Waals surface area contributed by atoms with E-state index < -0.39 is 0 Å². The van der Waals surface area contributed by atoms with Gasteiger partial charge in [-0.1, -0.05) is 12.1 Å². The number of aromatic amines is 1. The molecule has 1 fully saturated rings. The highest BCUT2D eigenvalue weighted by Gasteiger charge is 2.25. The Bertz CT molecular complexity index is 867. The van der Waals surface area contributed by atoms with Gasteiger partial charge in [0.2, 0.25) is 0 Å². The summed E-state index contributed by atoms with van der Waals surface area (Å²) in [6, 6.07) is 7.95. The Morgan fingerprint density at radius 1 is 1.21 bits per heavy atom. The summed E-state index contributed by atoms with van der Waals surface area (Å²) in [6.07, 6.45) is 0. The number of hydrogen-bond acceptors (Lipinski definition) is 5. The third-order valence-electron chi connectivity index (χ3n) is 5.46. The van der Waals surface area contributed by atoms with Crippen LogP contribution >= 0.6 is 0 Å². The number of carbonyl (C=O) groups excluding carboxylic acids is 2. The van der Waals surface area contributed by atoms with Crippen molar-refractivity contribution in [3.8, 4) is 5.75 Å².